The van der Waals surface area contributed by atoms with E-state index in [4.69, 9.17) is 4.74 Å². The topological polar surface area (TPSA) is 67.0 Å². The van der Waals surface area contributed by atoms with Crippen LogP contribution in [0.3, 0.4) is 0 Å². The summed E-state index contributed by atoms with van der Waals surface area (Å²) in [5.41, 5.74) is 1.03. The van der Waals surface area contributed by atoms with Crippen LogP contribution in [-0.2, 0) is 4.74 Å². The predicted octanol–water partition coefficient (Wildman–Crippen LogP) is 3.80. The number of carbonyl (C=O) groups is 1. The summed E-state index contributed by atoms with van der Waals surface area (Å²) in [7, 11) is 0. The zero-order valence-electron chi connectivity index (χ0n) is 13.1. The van der Waals surface area contributed by atoms with E-state index in [1.54, 1.807) is 46.0 Å². The van der Waals surface area contributed by atoms with Gasteiger partial charge in [0, 0.05) is 0 Å². The Labute approximate surface area is 128 Å². The monoisotopic (exact) mass is 305 g/mol. The number of nitrogens with one attached hydrogen (secondary N) is 2. The Hall–Kier alpha value is -2.37. The van der Waals surface area contributed by atoms with Crippen LogP contribution in [0.15, 0.2) is 30.5 Å². The molecule has 6 heteroatoms. The van der Waals surface area contributed by atoms with Gasteiger partial charge in [0.15, 0.2) is 0 Å². The van der Waals surface area contributed by atoms with Gasteiger partial charge in [-0.25, -0.2) is 14.2 Å². The number of nitrogens with zero attached hydrogens (tertiary/aromatic N) is 1. The average Bonchev–Trinajstić information content (AvgIpc) is 2.86. The molecule has 1 atom stereocenters. The molecule has 0 saturated carbocycles. The first-order valence-corrected chi connectivity index (χ1v) is 7.05. The van der Waals surface area contributed by atoms with E-state index in [9.17, 15) is 9.18 Å². The maximum atomic E-state index is 12.9. The number of aromatic amines is 1. The van der Waals surface area contributed by atoms with Gasteiger partial charge in [0.1, 0.15) is 17.2 Å². The second kappa shape index (κ2) is 6.17. The number of imidazole rings is 1. The highest BCUT2D eigenvalue weighted by molar-refractivity contribution is 5.68. The van der Waals surface area contributed by atoms with Crippen LogP contribution in [0.4, 0.5) is 9.18 Å². The molecule has 0 aliphatic carbocycles. The van der Waals surface area contributed by atoms with Gasteiger partial charge >= 0.3 is 6.09 Å². The van der Waals surface area contributed by atoms with Gasteiger partial charge < -0.3 is 15.0 Å². The number of carbonyl (C=O) groups excluding carboxylic acids is 1. The lowest BCUT2D eigenvalue weighted by Gasteiger charge is -2.21. The van der Waals surface area contributed by atoms with Crippen LogP contribution >= 0.6 is 0 Å². The Morgan fingerprint density at radius 2 is 1.95 bits per heavy atom. The minimum Gasteiger partial charge on any atom is -0.444 e. The Morgan fingerprint density at radius 3 is 2.55 bits per heavy atom. The average molecular weight is 305 g/mol. The van der Waals surface area contributed by atoms with Crippen LogP contribution in [0.25, 0.3) is 11.3 Å². The molecule has 0 aliphatic heterocycles. The lowest BCUT2D eigenvalue weighted by Crippen LogP contribution is -2.34. The summed E-state index contributed by atoms with van der Waals surface area (Å²) in [5.74, 6) is 0.314. The van der Waals surface area contributed by atoms with E-state index in [2.05, 4.69) is 15.3 Å². The van der Waals surface area contributed by atoms with Crippen molar-refractivity contribution < 1.29 is 13.9 Å². The maximum Gasteiger partial charge on any atom is 0.408 e. The van der Waals surface area contributed by atoms with Crippen molar-refractivity contribution in [2.24, 2.45) is 0 Å². The van der Waals surface area contributed by atoms with Crippen LogP contribution < -0.4 is 5.32 Å². The molecule has 2 aromatic rings. The van der Waals surface area contributed by atoms with Crippen molar-refractivity contribution in [1.29, 1.82) is 0 Å². The van der Waals surface area contributed by atoms with E-state index >= 15 is 0 Å². The van der Waals surface area contributed by atoms with Crippen molar-refractivity contribution in [1.82, 2.24) is 15.3 Å². The van der Waals surface area contributed by atoms with E-state index in [0.29, 0.717) is 5.82 Å². The molecule has 0 radical (unpaired) electrons. The van der Waals surface area contributed by atoms with Crippen LogP contribution in [0.1, 0.15) is 39.6 Å². The number of hydrogen-bond donors (Lipinski definition) is 2. The van der Waals surface area contributed by atoms with Gasteiger partial charge in [-0.2, -0.15) is 0 Å². The summed E-state index contributed by atoms with van der Waals surface area (Å²) < 4.78 is 18.1. The molecule has 1 aromatic heterocycles. The van der Waals surface area contributed by atoms with Gasteiger partial charge in [0.25, 0.3) is 0 Å². The zero-order valence-corrected chi connectivity index (χ0v) is 13.1. The lowest BCUT2D eigenvalue weighted by molar-refractivity contribution is 0.0506. The summed E-state index contributed by atoms with van der Waals surface area (Å²) in [6.45, 7) is 7.21. The largest absolute Gasteiger partial charge is 0.444 e. The lowest BCUT2D eigenvalue weighted by atomic mass is 10.2. The summed E-state index contributed by atoms with van der Waals surface area (Å²) in [6, 6.07) is 5.78. The van der Waals surface area contributed by atoms with Crippen molar-refractivity contribution in [3.63, 3.8) is 0 Å². The molecule has 0 aliphatic rings. The molecular formula is C16H20FN3O2. The molecule has 0 bridgehead atoms. The highest BCUT2D eigenvalue weighted by Crippen LogP contribution is 2.19. The number of H-pyrrole nitrogens is 1. The molecular weight excluding hydrogens is 285 g/mol. The fourth-order valence-corrected chi connectivity index (χ4v) is 1.89. The molecule has 118 valence electrons. The first kappa shape index (κ1) is 16.0. The Balaban J connectivity index is 2.04. The number of amides is 1. The van der Waals surface area contributed by atoms with Crippen molar-refractivity contribution in [3.8, 4) is 11.3 Å². The van der Waals surface area contributed by atoms with Crippen LogP contribution in [0.5, 0.6) is 0 Å². The zero-order chi connectivity index (χ0) is 16.3. The van der Waals surface area contributed by atoms with Gasteiger partial charge in [-0.3, -0.25) is 0 Å². The number of ether oxygens (including phenoxy) is 1. The minimum atomic E-state index is -0.549. The van der Waals surface area contributed by atoms with Gasteiger partial charge in [-0.05, 0) is 57.5 Å². The Morgan fingerprint density at radius 1 is 1.32 bits per heavy atom. The summed E-state index contributed by atoms with van der Waals surface area (Å²) in [4.78, 5) is 19.1. The first-order valence-electron chi connectivity index (χ1n) is 7.05. The summed E-state index contributed by atoms with van der Waals surface area (Å²) in [6.07, 6.45) is 1.15. The van der Waals surface area contributed by atoms with Crippen molar-refractivity contribution in [2.45, 2.75) is 39.3 Å². The second-order valence-corrected chi connectivity index (χ2v) is 6.06. The SMILES string of the molecule is CC(NC(=O)OC(C)(C)C)c1ncc(-c2ccc(F)cc2)[nH]1. The Bertz CT molecular complexity index is 644. The molecule has 0 saturated heterocycles. The molecule has 22 heavy (non-hydrogen) atoms. The number of rotatable bonds is 3. The molecule has 5 nitrogen and oxygen atoms in total. The standard InChI is InChI=1S/C16H20FN3O2/c1-10(19-15(21)22-16(2,3)4)14-18-9-13(20-14)11-5-7-12(17)8-6-11/h5-10H,1-4H3,(H,18,20)(H,19,21). The highest BCUT2D eigenvalue weighted by atomic mass is 19.1. The van der Waals surface area contributed by atoms with E-state index < -0.39 is 11.7 Å². The minimum absolute atomic E-state index is 0.288. The number of aromatic nitrogens is 2. The third-order valence-electron chi connectivity index (χ3n) is 2.89. The van der Waals surface area contributed by atoms with Gasteiger partial charge in [0.05, 0.1) is 17.9 Å². The Kier molecular flexibility index (Phi) is 4.49. The van der Waals surface area contributed by atoms with E-state index in [0.717, 1.165) is 11.3 Å². The van der Waals surface area contributed by atoms with Gasteiger partial charge in [-0.1, -0.05) is 0 Å². The first-order chi connectivity index (χ1) is 10.2. The third-order valence-corrected chi connectivity index (χ3v) is 2.89. The van der Waals surface area contributed by atoms with E-state index in [1.165, 1.54) is 12.1 Å². The fourth-order valence-electron chi connectivity index (χ4n) is 1.89. The molecule has 1 amide bonds. The number of hydrogen-bond acceptors (Lipinski definition) is 3. The van der Waals surface area contributed by atoms with Crippen molar-refractivity contribution in [2.75, 3.05) is 0 Å². The summed E-state index contributed by atoms with van der Waals surface area (Å²) >= 11 is 0. The van der Waals surface area contributed by atoms with Crippen LogP contribution in [0, 0.1) is 5.82 Å². The van der Waals surface area contributed by atoms with Crippen molar-refractivity contribution >= 4 is 6.09 Å². The van der Waals surface area contributed by atoms with E-state index in [-0.39, 0.29) is 11.9 Å². The smallest absolute Gasteiger partial charge is 0.408 e. The molecule has 2 rings (SSSR count). The highest BCUT2D eigenvalue weighted by Gasteiger charge is 2.19. The van der Waals surface area contributed by atoms with Gasteiger partial charge in [0.2, 0.25) is 0 Å². The fraction of sp³-hybridized carbons (Fsp3) is 0.375. The number of benzene rings is 1. The molecule has 1 heterocycles. The molecule has 1 aromatic carbocycles. The molecule has 0 spiro atoms. The number of alkyl carbamates (subject to hydrolysis) is 1. The molecule has 2 N–H and O–H groups in total. The third kappa shape index (κ3) is 4.31. The van der Waals surface area contributed by atoms with Crippen molar-refractivity contribution in [3.05, 3.63) is 42.1 Å². The normalized spacial score (nSPS) is 12.8. The van der Waals surface area contributed by atoms with Gasteiger partial charge in [-0.15, -0.1) is 0 Å². The van der Waals surface area contributed by atoms with Crippen LogP contribution in [0.2, 0.25) is 0 Å². The molecule has 0 fully saturated rings. The predicted molar refractivity (Wildman–Crippen MR) is 81.8 cm³/mol. The summed E-state index contributed by atoms with van der Waals surface area (Å²) in [5, 5.41) is 2.71. The maximum absolute atomic E-state index is 12.9. The van der Waals surface area contributed by atoms with Crippen LogP contribution in [-0.4, -0.2) is 21.7 Å². The quantitative estimate of drug-likeness (QED) is 0.906. The molecule has 1 unspecified atom stereocenters. The second-order valence-electron chi connectivity index (χ2n) is 6.06. The number of halogens is 1. The van der Waals surface area contributed by atoms with E-state index in [1.807, 2.05) is 0 Å².